The number of hydrogen-bond donors (Lipinski definition) is 1. The molecule has 2 heterocycles. The van der Waals surface area contributed by atoms with Gasteiger partial charge in [0.1, 0.15) is 5.75 Å². The zero-order chi connectivity index (χ0) is 21.9. The summed E-state index contributed by atoms with van der Waals surface area (Å²) in [5, 5.41) is 8.85. The van der Waals surface area contributed by atoms with Crippen LogP contribution in [0.15, 0.2) is 83.7 Å². The Morgan fingerprint density at radius 2 is 1.50 bits per heavy atom. The number of ether oxygens (including phenoxy) is 1. The van der Waals surface area contributed by atoms with Gasteiger partial charge in [-0.25, -0.2) is 5.10 Å². The lowest BCUT2D eigenvalue weighted by atomic mass is 9.97. The Labute approximate surface area is 187 Å². The van der Waals surface area contributed by atoms with E-state index in [0.29, 0.717) is 5.39 Å². The summed E-state index contributed by atoms with van der Waals surface area (Å²) >= 11 is 0. The second-order valence-corrected chi connectivity index (χ2v) is 7.99. The number of hydrogen-bond acceptors (Lipinski definition) is 5. The first-order valence-electron chi connectivity index (χ1n) is 10.9. The lowest BCUT2D eigenvalue weighted by Crippen LogP contribution is -2.48. The van der Waals surface area contributed by atoms with E-state index in [-0.39, 0.29) is 11.6 Å². The van der Waals surface area contributed by atoms with Gasteiger partial charge in [-0.2, -0.15) is 5.10 Å². The maximum atomic E-state index is 12.4. The van der Waals surface area contributed by atoms with Crippen LogP contribution in [-0.2, 0) is 0 Å². The number of fused-ring (bicyclic) bond motifs is 1. The fourth-order valence-electron chi connectivity index (χ4n) is 4.63. The Kier molecular flexibility index (Phi) is 5.60. The lowest BCUT2D eigenvalue weighted by Gasteiger charge is -2.40. The second kappa shape index (κ2) is 8.85. The van der Waals surface area contributed by atoms with Gasteiger partial charge in [-0.1, -0.05) is 60.7 Å². The number of benzene rings is 3. The molecular formula is C26H26N4O2. The van der Waals surface area contributed by atoms with E-state index in [4.69, 9.17) is 4.74 Å². The number of rotatable bonds is 5. The molecule has 3 aromatic carbocycles. The molecule has 0 saturated carbocycles. The summed E-state index contributed by atoms with van der Waals surface area (Å²) in [6, 6.07) is 26.3. The maximum absolute atomic E-state index is 12.4. The Morgan fingerprint density at radius 3 is 2.25 bits per heavy atom. The van der Waals surface area contributed by atoms with E-state index in [0.717, 1.165) is 48.7 Å². The number of H-pyrrole nitrogens is 1. The van der Waals surface area contributed by atoms with Gasteiger partial charge in [-0.15, -0.1) is 0 Å². The maximum Gasteiger partial charge on any atom is 0.272 e. The number of methoxy groups -OCH3 is 1. The highest BCUT2D eigenvalue weighted by Gasteiger charge is 2.29. The van der Waals surface area contributed by atoms with Crippen LogP contribution in [-0.4, -0.2) is 48.4 Å². The topological polar surface area (TPSA) is 61.5 Å². The van der Waals surface area contributed by atoms with E-state index in [9.17, 15) is 4.79 Å². The van der Waals surface area contributed by atoms with Crippen LogP contribution in [0, 0.1) is 0 Å². The van der Waals surface area contributed by atoms with Crippen molar-refractivity contribution in [2.24, 2.45) is 0 Å². The number of nitrogens with zero attached hydrogens (tertiary/aromatic N) is 3. The average Bonchev–Trinajstić information content (AvgIpc) is 2.87. The number of para-hydroxylation sites is 2. The molecule has 1 aliphatic rings. The van der Waals surface area contributed by atoms with Crippen molar-refractivity contribution < 1.29 is 4.74 Å². The van der Waals surface area contributed by atoms with Gasteiger partial charge >= 0.3 is 0 Å². The summed E-state index contributed by atoms with van der Waals surface area (Å²) in [6.07, 6.45) is 0. The van der Waals surface area contributed by atoms with Gasteiger partial charge in [0, 0.05) is 31.6 Å². The number of anilines is 1. The second-order valence-electron chi connectivity index (χ2n) is 7.99. The Morgan fingerprint density at radius 1 is 0.844 bits per heavy atom. The van der Waals surface area contributed by atoms with E-state index in [1.807, 2.05) is 48.5 Å². The third-order valence-corrected chi connectivity index (χ3v) is 6.21. The van der Waals surface area contributed by atoms with Crippen LogP contribution in [0.25, 0.3) is 10.8 Å². The molecule has 0 bridgehead atoms. The van der Waals surface area contributed by atoms with E-state index >= 15 is 0 Å². The molecule has 6 nitrogen and oxygen atoms in total. The van der Waals surface area contributed by atoms with Crippen LogP contribution >= 0.6 is 0 Å². The predicted octanol–water partition coefficient (Wildman–Crippen LogP) is 3.84. The van der Waals surface area contributed by atoms with E-state index in [1.54, 1.807) is 7.11 Å². The van der Waals surface area contributed by atoms with Gasteiger partial charge < -0.3 is 9.64 Å². The molecule has 32 heavy (non-hydrogen) atoms. The minimum atomic E-state index is -0.155. The van der Waals surface area contributed by atoms with E-state index in [2.05, 4.69) is 50.3 Å². The van der Waals surface area contributed by atoms with Gasteiger partial charge in [0.25, 0.3) is 5.56 Å². The zero-order valence-corrected chi connectivity index (χ0v) is 18.1. The number of piperazine rings is 1. The third kappa shape index (κ3) is 3.74. The molecule has 1 fully saturated rings. The minimum Gasteiger partial charge on any atom is -0.495 e. The monoisotopic (exact) mass is 426 g/mol. The quantitative estimate of drug-likeness (QED) is 0.525. The van der Waals surface area contributed by atoms with Crippen LogP contribution in [0.2, 0.25) is 0 Å². The summed E-state index contributed by atoms with van der Waals surface area (Å²) in [5.74, 6) is 0.897. The smallest absolute Gasteiger partial charge is 0.272 e. The molecule has 0 spiro atoms. The van der Waals surface area contributed by atoms with Crippen molar-refractivity contribution in [2.45, 2.75) is 6.04 Å². The molecule has 0 aliphatic carbocycles. The third-order valence-electron chi connectivity index (χ3n) is 6.21. The molecule has 0 radical (unpaired) electrons. The van der Waals surface area contributed by atoms with Crippen LogP contribution in [0.4, 0.5) is 5.69 Å². The summed E-state index contributed by atoms with van der Waals surface area (Å²) in [6.45, 7) is 3.50. The molecule has 5 rings (SSSR count). The number of nitrogens with one attached hydrogen (secondary N) is 1. The minimum absolute atomic E-state index is 0.0437. The van der Waals surface area contributed by atoms with Crippen molar-refractivity contribution in [3.63, 3.8) is 0 Å². The Balaban J connectivity index is 1.50. The summed E-state index contributed by atoms with van der Waals surface area (Å²) in [7, 11) is 1.72. The van der Waals surface area contributed by atoms with Crippen LogP contribution in [0.5, 0.6) is 5.75 Å². The zero-order valence-electron chi connectivity index (χ0n) is 18.1. The van der Waals surface area contributed by atoms with Crippen molar-refractivity contribution in [1.29, 1.82) is 0 Å². The highest BCUT2D eigenvalue weighted by Crippen LogP contribution is 2.34. The molecule has 1 aliphatic heterocycles. The number of aromatic nitrogens is 2. The van der Waals surface area contributed by atoms with Gasteiger partial charge in [0.2, 0.25) is 0 Å². The number of aromatic amines is 1. The molecule has 0 unspecified atom stereocenters. The van der Waals surface area contributed by atoms with Gasteiger partial charge in [0.05, 0.1) is 29.9 Å². The van der Waals surface area contributed by atoms with Crippen molar-refractivity contribution in [3.8, 4) is 5.75 Å². The lowest BCUT2D eigenvalue weighted by molar-refractivity contribution is 0.209. The molecular weight excluding hydrogens is 400 g/mol. The fourth-order valence-corrected chi connectivity index (χ4v) is 4.63. The summed E-state index contributed by atoms with van der Waals surface area (Å²) in [5.41, 5.74) is 3.02. The fraction of sp³-hybridized carbons (Fsp3) is 0.231. The average molecular weight is 427 g/mol. The molecule has 1 saturated heterocycles. The van der Waals surface area contributed by atoms with E-state index < -0.39 is 0 Å². The highest BCUT2D eigenvalue weighted by molar-refractivity contribution is 5.84. The van der Waals surface area contributed by atoms with Gasteiger partial charge in [-0.05, 0) is 23.8 Å². The summed E-state index contributed by atoms with van der Waals surface area (Å²) < 4.78 is 5.57. The summed E-state index contributed by atoms with van der Waals surface area (Å²) in [4.78, 5) is 17.2. The largest absolute Gasteiger partial charge is 0.495 e. The van der Waals surface area contributed by atoms with Crippen molar-refractivity contribution in [2.75, 3.05) is 38.2 Å². The molecule has 4 aromatic rings. The van der Waals surface area contributed by atoms with E-state index in [1.165, 1.54) is 5.56 Å². The Hall–Kier alpha value is -3.64. The molecule has 162 valence electrons. The van der Waals surface area contributed by atoms with Crippen LogP contribution < -0.4 is 15.2 Å². The van der Waals surface area contributed by atoms with Crippen molar-refractivity contribution in [1.82, 2.24) is 15.1 Å². The first-order valence-corrected chi connectivity index (χ1v) is 10.9. The first-order chi connectivity index (χ1) is 15.8. The van der Waals surface area contributed by atoms with Crippen molar-refractivity contribution >= 4 is 16.5 Å². The molecule has 1 N–H and O–H groups in total. The standard InChI is InChI=1S/C26H26N4O2/c1-32-23-14-8-7-13-22(23)29-15-17-30(18-16-29)25(19-9-3-2-4-10-19)24-20-11-5-6-12-21(20)26(31)28-27-24/h2-14,25H,15-18H2,1H3,(H,28,31)/t25-/m0/s1. The highest BCUT2D eigenvalue weighted by atomic mass is 16.5. The van der Waals surface area contributed by atoms with Crippen molar-refractivity contribution in [3.05, 3.63) is 100 Å². The molecule has 0 amide bonds. The SMILES string of the molecule is COc1ccccc1N1CCN([C@@H](c2ccccc2)c2n[nH]c(=O)c3ccccc23)CC1. The predicted molar refractivity (Wildman–Crippen MR) is 127 cm³/mol. The first kappa shape index (κ1) is 20.3. The van der Waals surface area contributed by atoms with Gasteiger partial charge in [0.15, 0.2) is 0 Å². The Bertz CT molecular complexity index is 1260. The molecule has 1 atom stereocenters. The molecule has 6 heteroatoms. The van der Waals surface area contributed by atoms with Crippen LogP contribution in [0.3, 0.4) is 0 Å². The van der Waals surface area contributed by atoms with Crippen LogP contribution in [0.1, 0.15) is 17.3 Å². The van der Waals surface area contributed by atoms with Gasteiger partial charge in [-0.3, -0.25) is 9.69 Å². The normalized spacial score (nSPS) is 15.6. The molecule has 1 aromatic heterocycles.